The van der Waals surface area contributed by atoms with Crippen LogP contribution in [0.15, 0.2) is 67.0 Å². The molecule has 3 aromatic rings. The van der Waals surface area contributed by atoms with Gasteiger partial charge >= 0.3 is 6.03 Å². The highest BCUT2D eigenvalue weighted by Crippen LogP contribution is 2.45. The van der Waals surface area contributed by atoms with E-state index in [0.717, 1.165) is 35.3 Å². The Morgan fingerprint density at radius 3 is 2.54 bits per heavy atom. The number of fused-ring (bicyclic) bond motifs is 2. The monoisotopic (exact) mass is 523 g/mol. The fraction of sp³-hybridized carbons (Fsp3) is 0.355. The van der Waals surface area contributed by atoms with Gasteiger partial charge in [0.05, 0.1) is 5.69 Å². The van der Waals surface area contributed by atoms with Crippen molar-refractivity contribution in [3.05, 3.63) is 89.2 Å². The quantitative estimate of drug-likeness (QED) is 0.514. The van der Waals surface area contributed by atoms with Crippen LogP contribution < -0.4 is 15.1 Å². The molecule has 0 aliphatic carbocycles. The van der Waals surface area contributed by atoms with Crippen molar-refractivity contribution >= 4 is 29.2 Å². The van der Waals surface area contributed by atoms with Crippen LogP contribution in [0.4, 0.5) is 16.2 Å². The minimum Gasteiger partial charge on any atom is -0.310 e. The standard InChI is InChI=1S/C31H33N5O3/c1-30(2)19-34(27(37)26-23-8-6-5-7-21(23)13-16-33-26)25-17-22(9-10-24(25)30)36-28(38)31(3,4)35(29(36)39)18-20-11-14-32-15-12-20/h5-12,14-15,17,26,33H,13,16,18-19H2,1-4H3. The first-order chi connectivity index (χ1) is 18.6. The van der Waals surface area contributed by atoms with E-state index >= 15 is 0 Å². The molecule has 1 atom stereocenters. The number of nitrogens with one attached hydrogen (secondary N) is 1. The number of benzene rings is 2. The van der Waals surface area contributed by atoms with Gasteiger partial charge in [-0.15, -0.1) is 0 Å². The molecule has 0 bridgehead atoms. The second-order valence-corrected chi connectivity index (χ2v) is 11.8. The van der Waals surface area contributed by atoms with Gasteiger partial charge in [0.2, 0.25) is 5.91 Å². The van der Waals surface area contributed by atoms with Crippen molar-refractivity contribution in [2.75, 3.05) is 22.9 Å². The zero-order valence-electron chi connectivity index (χ0n) is 22.8. The summed E-state index contributed by atoms with van der Waals surface area (Å²) in [5.74, 6) is -0.315. The van der Waals surface area contributed by atoms with Crippen molar-refractivity contribution in [2.45, 2.75) is 57.7 Å². The number of imide groups is 1. The van der Waals surface area contributed by atoms with E-state index in [-0.39, 0.29) is 23.3 Å². The van der Waals surface area contributed by atoms with Gasteiger partial charge < -0.3 is 15.1 Å². The largest absolute Gasteiger partial charge is 0.332 e. The molecule has 8 nitrogen and oxygen atoms in total. The number of pyridine rings is 1. The van der Waals surface area contributed by atoms with Crippen molar-refractivity contribution in [1.29, 1.82) is 0 Å². The van der Waals surface area contributed by atoms with Crippen LogP contribution in [0, 0.1) is 0 Å². The van der Waals surface area contributed by atoms with Crippen molar-refractivity contribution in [3.63, 3.8) is 0 Å². The summed E-state index contributed by atoms with van der Waals surface area (Å²) in [6.07, 6.45) is 4.24. The summed E-state index contributed by atoms with van der Waals surface area (Å²) < 4.78 is 0. The Morgan fingerprint density at radius 2 is 1.77 bits per heavy atom. The predicted molar refractivity (Wildman–Crippen MR) is 149 cm³/mol. The van der Waals surface area contributed by atoms with Gasteiger partial charge in [0.15, 0.2) is 0 Å². The fourth-order valence-electron chi connectivity index (χ4n) is 6.10. The maximum absolute atomic E-state index is 14.0. The molecule has 4 heterocycles. The van der Waals surface area contributed by atoms with E-state index in [4.69, 9.17) is 0 Å². The maximum atomic E-state index is 14.0. The Bertz CT molecular complexity index is 1480. The second kappa shape index (κ2) is 9.02. The molecule has 1 fully saturated rings. The third-order valence-electron chi connectivity index (χ3n) is 8.35. The first-order valence-corrected chi connectivity index (χ1v) is 13.4. The number of urea groups is 1. The second-order valence-electron chi connectivity index (χ2n) is 11.8. The van der Waals surface area contributed by atoms with Gasteiger partial charge in [0.25, 0.3) is 5.91 Å². The lowest BCUT2D eigenvalue weighted by Gasteiger charge is -2.30. The average molecular weight is 524 g/mol. The summed E-state index contributed by atoms with van der Waals surface area (Å²) in [6, 6.07) is 16.6. The van der Waals surface area contributed by atoms with Crippen LogP contribution in [-0.4, -0.2) is 46.4 Å². The molecule has 2 aromatic carbocycles. The zero-order chi connectivity index (χ0) is 27.5. The maximum Gasteiger partial charge on any atom is 0.332 e. The molecule has 8 heteroatoms. The topological polar surface area (TPSA) is 85.8 Å². The summed E-state index contributed by atoms with van der Waals surface area (Å²) in [4.78, 5) is 50.1. The highest BCUT2D eigenvalue weighted by Gasteiger charge is 2.52. The van der Waals surface area contributed by atoms with Crippen LogP contribution in [0.1, 0.15) is 56.0 Å². The van der Waals surface area contributed by atoms with Crippen LogP contribution in [0.3, 0.4) is 0 Å². The number of hydrogen-bond donors (Lipinski definition) is 1. The van der Waals surface area contributed by atoms with Crippen molar-refractivity contribution < 1.29 is 14.4 Å². The van der Waals surface area contributed by atoms with Gasteiger partial charge in [-0.05, 0) is 66.8 Å². The predicted octanol–water partition coefficient (Wildman–Crippen LogP) is 4.34. The number of anilines is 2. The van der Waals surface area contributed by atoms with E-state index in [0.29, 0.717) is 18.8 Å². The van der Waals surface area contributed by atoms with Gasteiger partial charge in [0.1, 0.15) is 11.6 Å². The molecule has 1 aromatic heterocycles. The van der Waals surface area contributed by atoms with Gasteiger partial charge in [-0.1, -0.05) is 44.2 Å². The minimum absolute atomic E-state index is 0.0233. The molecule has 0 radical (unpaired) electrons. The van der Waals surface area contributed by atoms with Crippen LogP contribution >= 0.6 is 0 Å². The van der Waals surface area contributed by atoms with E-state index < -0.39 is 11.6 Å². The van der Waals surface area contributed by atoms with Crippen molar-refractivity contribution in [1.82, 2.24) is 15.2 Å². The van der Waals surface area contributed by atoms with E-state index in [2.05, 4.69) is 30.2 Å². The summed E-state index contributed by atoms with van der Waals surface area (Å²) in [5, 5.41) is 3.41. The molecule has 1 unspecified atom stereocenters. The van der Waals surface area contributed by atoms with Gasteiger partial charge in [-0.25, -0.2) is 9.69 Å². The lowest BCUT2D eigenvalue weighted by molar-refractivity contribution is -0.123. The highest BCUT2D eigenvalue weighted by atomic mass is 16.2. The molecule has 0 spiro atoms. The molecule has 200 valence electrons. The van der Waals surface area contributed by atoms with Gasteiger partial charge in [0, 0.05) is 43.1 Å². The number of rotatable bonds is 4. The third-order valence-corrected chi connectivity index (χ3v) is 8.35. The summed E-state index contributed by atoms with van der Waals surface area (Å²) in [7, 11) is 0. The van der Waals surface area contributed by atoms with Crippen LogP contribution in [-0.2, 0) is 28.0 Å². The highest BCUT2D eigenvalue weighted by molar-refractivity contribution is 6.23. The first kappa shape index (κ1) is 25.2. The third kappa shape index (κ3) is 4.01. The number of hydrogen-bond acceptors (Lipinski definition) is 5. The molecule has 6 rings (SSSR count). The number of nitrogens with zero attached hydrogens (tertiary/aromatic N) is 4. The zero-order valence-corrected chi connectivity index (χ0v) is 22.8. The van der Waals surface area contributed by atoms with E-state index in [1.165, 1.54) is 10.5 Å². The van der Waals surface area contributed by atoms with E-state index in [9.17, 15) is 14.4 Å². The molecule has 0 saturated carbocycles. The normalized spacial score (nSPS) is 21.2. The Balaban J connectivity index is 1.35. The van der Waals surface area contributed by atoms with Gasteiger partial charge in [-0.3, -0.25) is 14.6 Å². The Kier molecular flexibility index (Phi) is 5.84. The number of amides is 4. The molecule has 1 saturated heterocycles. The minimum atomic E-state index is -1.02. The molecule has 3 aliphatic heterocycles. The number of carbonyl (C=O) groups is 3. The molecule has 4 amide bonds. The average Bonchev–Trinajstić information content (AvgIpc) is 3.29. The lowest BCUT2D eigenvalue weighted by atomic mass is 9.87. The Hall–Kier alpha value is -4.04. The van der Waals surface area contributed by atoms with Gasteiger partial charge in [-0.2, -0.15) is 0 Å². The first-order valence-electron chi connectivity index (χ1n) is 13.4. The van der Waals surface area contributed by atoms with E-state index in [1.54, 1.807) is 31.1 Å². The van der Waals surface area contributed by atoms with Crippen LogP contribution in [0.25, 0.3) is 0 Å². The Morgan fingerprint density at radius 1 is 1.03 bits per heavy atom. The van der Waals surface area contributed by atoms with Crippen molar-refractivity contribution in [2.24, 2.45) is 0 Å². The smallest absolute Gasteiger partial charge is 0.310 e. The molecular weight excluding hydrogens is 490 g/mol. The van der Waals surface area contributed by atoms with Crippen molar-refractivity contribution in [3.8, 4) is 0 Å². The molecular formula is C31H33N5O3. The summed E-state index contributed by atoms with van der Waals surface area (Å²) in [5.41, 5.74) is 4.04. The number of carbonyl (C=O) groups excluding carboxylic acids is 3. The molecule has 1 N–H and O–H groups in total. The Labute approximate surface area is 228 Å². The van der Waals surface area contributed by atoms with E-state index in [1.807, 2.05) is 53.4 Å². The molecule has 3 aliphatic rings. The summed E-state index contributed by atoms with van der Waals surface area (Å²) >= 11 is 0. The van der Waals surface area contributed by atoms with Crippen LogP contribution in [0.2, 0.25) is 0 Å². The SMILES string of the molecule is CC1(C)CN(C(=O)C2NCCc3ccccc32)c2cc(N3C(=O)N(Cc4ccncc4)C(C)(C)C3=O)ccc21. The lowest BCUT2D eigenvalue weighted by Crippen LogP contribution is -2.44. The fourth-order valence-corrected chi connectivity index (χ4v) is 6.10. The summed E-state index contributed by atoms with van der Waals surface area (Å²) in [6.45, 7) is 9.33. The molecule has 39 heavy (non-hydrogen) atoms. The van der Waals surface area contributed by atoms with Crippen LogP contribution in [0.5, 0.6) is 0 Å². The number of aromatic nitrogens is 1.